The summed E-state index contributed by atoms with van der Waals surface area (Å²) < 4.78 is 0.693. The van der Waals surface area contributed by atoms with E-state index in [-0.39, 0.29) is 30.4 Å². The third-order valence-corrected chi connectivity index (χ3v) is 9.80. The molecule has 9 nitrogen and oxygen atoms in total. The number of nitrogens with two attached hydrogens (primary N) is 1. The monoisotopic (exact) mass is 638 g/mol. The Hall–Kier alpha value is -3.11. The number of rotatable bonds is 8. The molecule has 226 valence electrons. The summed E-state index contributed by atoms with van der Waals surface area (Å²) in [5.74, 6) is -0.402. The number of fused-ring (bicyclic) bond motifs is 1. The average molecular weight is 640 g/mol. The van der Waals surface area contributed by atoms with E-state index in [4.69, 9.17) is 5.73 Å². The van der Waals surface area contributed by atoms with Crippen LogP contribution in [0.1, 0.15) is 73.4 Å². The molecule has 0 atom stereocenters. The van der Waals surface area contributed by atoms with Gasteiger partial charge in [-0.3, -0.25) is 14.5 Å². The van der Waals surface area contributed by atoms with E-state index in [1.165, 1.54) is 32.1 Å². The first-order valence-corrected chi connectivity index (χ1v) is 16.2. The van der Waals surface area contributed by atoms with Gasteiger partial charge in [0, 0.05) is 54.0 Å². The molecule has 0 spiro atoms. The largest absolute Gasteiger partial charge is 0.398 e. The minimum absolute atomic E-state index is 0.0660. The van der Waals surface area contributed by atoms with Gasteiger partial charge >= 0.3 is 6.03 Å². The van der Waals surface area contributed by atoms with Crippen molar-refractivity contribution in [3.05, 3.63) is 57.6 Å². The summed E-state index contributed by atoms with van der Waals surface area (Å²) in [6.45, 7) is 5.51. The molecule has 4 amide bonds. The minimum Gasteiger partial charge on any atom is -0.398 e. The Morgan fingerprint density at radius 2 is 1.81 bits per heavy atom. The number of carbonyl (C=O) groups is 3. The summed E-state index contributed by atoms with van der Waals surface area (Å²) in [6.07, 6.45) is 8.47. The predicted molar refractivity (Wildman–Crippen MR) is 169 cm³/mol. The maximum Gasteiger partial charge on any atom is 0.322 e. The molecule has 1 saturated heterocycles. The number of likely N-dealkylation sites (tertiary alicyclic amines) is 1. The molecule has 2 fully saturated rings. The molecule has 1 aliphatic carbocycles. The molecule has 0 unspecified atom stereocenters. The second-order valence-electron chi connectivity index (χ2n) is 11.7. The normalized spacial score (nSPS) is 18.4. The van der Waals surface area contributed by atoms with Crippen LogP contribution >= 0.6 is 15.9 Å². The Balaban J connectivity index is 1.13. The van der Waals surface area contributed by atoms with Crippen LogP contribution in [0.4, 0.5) is 16.2 Å². The smallest absolute Gasteiger partial charge is 0.322 e. The van der Waals surface area contributed by atoms with Gasteiger partial charge in [-0.1, -0.05) is 44.4 Å². The molecule has 2 aromatic carbocycles. The van der Waals surface area contributed by atoms with Crippen molar-refractivity contribution >= 4 is 45.2 Å². The number of hydrogen-bond acceptors (Lipinski definition) is 5. The van der Waals surface area contributed by atoms with Gasteiger partial charge in [0.15, 0.2) is 0 Å². The fraction of sp³-hybridized carbons (Fsp3) is 0.531. The van der Waals surface area contributed by atoms with Crippen molar-refractivity contribution in [3.8, 4) is 0 Å². The Morgan fingerprint density at radius 1 is 1.07 bits per heavy atom. The van der Waals surface area contributed by atoms with Gasteiger partial charge < -0.3 is 26.2 Å². The van der Waals surface area contributed by atoms with Crippen LogP contribution in [0, 0.1) is 0 Å². The molecular weight excluding hydrogens is 596 g/mol. The Bertz CT molecular complexity index is 1290. The van der Waals surface area contributed by atoms with Crippen LogP contribution in [-0.2, 0) is 17.8 Å². The average Bonchev–Trinajstić information content (AvgIpc) is 3.18. The minimum atomic E-state index is -0.290. The molecule has 3 aliphatic rings. The molecule has 0 bridgehead atoms. The zero-order chi connectivity index (χ0) is 29.6. The van der Waals surface area contributed by atoms with E-state index in [2.05, 4.69) is 44.5 Å². The topological polar surface area (TPSA) is 111 Å². The number of carbonyl (C=O) groups excluding carboxylic acids is 3. The summed E-state index contributed by atoms with van der Waals surface area (Å²) in [6, 6.07) is 12.1. The lowest BCUT2D eigenvalue weighted by atomic mass is 9.93. The van der Waals surface area contributed by atoms with Crippen molar-refractivity contribution in [1.82, 2.24) is 20.0 Å². The fourth-order valence-electron chi connectivity index (χ4n) is 6.64. The lowest BCUT2D eigenvalue weighted by molar-refractivity contribution is -0.131. The number of nitrogens with zero attached hydrogens (tertiary/aromatic N) is 3. The Kier molecular flexibility index (Phi) is 10.1. The molecule has 2 aliphatic heterocycles. The first kappa shape index (κ1) is 30.4. The van der Waals surface area contributed by atoms with Crippen molar-refractivity contribution in [1.29, 1.82) is 0 Å². The van der Waals surface area contributed by atoms with Crippen LogP contribution < -0.4 is 16.4 Å². The Labute approximate surface area is 257 Å². The summed E-state index contributed by atoms with van der Waals surface area (Å²) in [7, 11) is 0. The van der Waals surface area contributed by atoms with Crippen molar-refractivity contribution < 1.29 is 14.4 Å². The zero-order valence-corrected chi connectivity index (χ0v) is 26.1. The summed E-state index contributed by atoms with van der Waals surface area (Å²) >= 11 is 3.54. The van der Waals surface area contributed by atoms with E-state index in [1.54, 1.807) is 11.0 Å². The molecule has 0 aromatic heterocycles. The van der Waals surface area contributed by atoms with E-state index < -0.39 is 0 Å². The third kappa shape index (κ3) is 7.09. The lowest BCUT2D eigenvalue weighted by Gasteiger charge is -2.38. The highest BCUT2D eigenvalue weighted by atomic mass is 79.9. The van der Waals surface area contributed by atoms with E-state index in [9.17, 15) is 14.4 Å². The highest BCUT2D eigenvalue weighted by Gasteiger charge is 2.31. The molecule has 42 heavy (non-hydrogen) atoms. The van der Waals surface area contributed by atoms with E-state index >= 15 is 0 Å². The van der Waals surface area contributed by atoms with Crippen LogP contribution in [0.25, 0.3) is 0 Å². The van der Waals surface area contributed by atoms with Gasteiger partial charge in [-0.05, 0) is 83.9 Å². The predicted octanol–water partition coefficient (Wildman–Crippen LogP) is 5.00. The van der Waals surface area contributed by atoms with Crippen molar-refractivity contribution in [3.63, 3.8) is 0 Å². The van der Waals surface area contributed by atoms with Gasteiger partial charge in [0.2, 0.25) is 5.91 Å². The molecule has 4 N–H and O–H groups in total. The van der Waals surface area contributed by atoms with Crippen LogP contribution in [0.15, 0.2) is 40.9 Å². The molecule has 2 aromatic rings. The standard InChI is InChI=1S/C32H43BrN6O3/c1-2-37(25-9-4-3-5-10-25)21-24-18-23(19-27(33)30(24)34)31(41)35-20-29(40)38-15-13-26(14-16-38)39-17-12-22-8-6-7-11-28(22)36-32(39)42/h6-8,11,18-19,25-26H,2-5,9-10,12-17,20-21,34H2,1H3,(H,35,41)(H,36,42). The molecule has 5 rings (SSSR count). The molecule has 2 heterocycles. The van der Waals surface area contributed by atoms with Gasteiger partial charge in [0.05, 0.1) is 12.2 Å². The number of nitrogen functional groups attached to an aromatic ring is 1. The summed E-state index contributed by atoms with van der Waals surface area (Å²) in [4.78, 5) is 45.2. The quantitative estimate of drug-likeness (QED) is 0.353. The lowest BCUT2D eigenvalue weighted by Crippen LogP contribution is -2.51. The van der Waals surface area contributed by atoms with Gasteiger partial charge in [-0.25, -0.2) is 4.79 Å². The third-order valence-electron chi connectivity index (χ3n) is 9.15. The number of urea groups is 1. The maximum atomic E-state index is 13.1. The summed E-state index contributed by atoms with van der Waals surface area (Å²) in [5.41, 5.74) is 10.5. The molecule has 10 heteroatoms. The second-order valence-corrected chi connectivity index (χ2v) is 12.6. The number of nitrogens with one attached hydrogen (secondary N) is 2. The number of amides is 4. The van der Waals surface area contributed by atoms with Crippen molar-refractivity contribution in [2.45, 2.75) is 76.9 Å². The fourth-order valence-corrected chi connectivity index (χ4v) is 7.14. The van der Waals surface area contributed by atoms with Gasteiger partial charge in [0.25, 0.3) is 5.91 Å². The summed E-state index contributed by atoms with van der Waals surface area (Å²) in [5, 5.41) is 5.86. The first-order chi connectivity index (χ1) is 20.3. The first-order valence-electron chi connectivity index (χ1n) is 15.4. The van der Waals surface area contributed by atoms with Crippen molar-refractivity contribution in [2.75, 3.05) is 43.8 Å². The van der Waals surface area contributed by atoms with Crippen molar-refractivity contribution in [2.24, 2.45) is 0 Å². The molecule has 0 radical (unpaired) electrons. The number of hydrogen-bond donors (Lipinski definition) is 3. The number of benzene rings is 2. The highest BCUT2D eigenvalue weighted by molar-refractivity contribution is 9.10. The number of para-hydroxylation sites is 1. The molecular formula is C32H43BrN6O3. The highest BCUT2D eigenvalue weighted by Crippen LogP contribution is 2.30. The Morgan fingerprint density at radius 3 is 2.55 bits per heavy atom. The van der Waals surface area contributed by atoms with Gasteiger partial charge in [-0.15, -0.1) is 0 Å². The van der Waals surface area contributed by atoms with Crippen LogP contribution in [-0.4, -0.2) is 77.4 Å². The van der Waals surface area contributed by atoms with E-state index in [0.717, 1.165) is 29.8 Å². The van der Waals surface area contributed by atoms with Crippen LogP contribution in [0.5, 0.6) is 0 Å². The second kappa shape index (κ2) is 13.9. The maximum absolute atomic E-state index is 13.1. The number of piperidine rings is 1. The zero-order valence-electron chi connectivity index (χ0n) is 24.5. The van der Waals surface area contributed by atoms with Gasteiger partial charge in [-0.2, -0.15) is 0 Å². The SMILES string of the molecule is CCN(Cc1cc(C(=O)NCC(=O)N2CCC(N3CCc4ccccc4NC3=O)CC2)cc(Br)c1N)C1CCCCC1. The molecule has 1 saturated carbocycles. The van der Waals surface area contributed by atoms with Crippen LogP contribution in [0.3, 0.4) is 0 Å². The van der Waals surface area contributed by atoms with E-state index in [1.807, 2.05) is 29.2 Å². The van der Waals surface area contributed by atoms with Crippen LogP contribution in [0.2, 0.25) is 0 Å². The van der Waals surface area contributed by atoms with Gasteiger partial charge in [0.1, 0.15) is 0 Å². The van der Waals surface area contributed by atoms with E-state index in [0.29, 0.717) is 60.8 Å². The number of halogens is 1. The number of anilines is 2.